The molecule has 1 fully saturated rings. The van der Waals surface area contributed by atoms with Crippen molar-refractivity contribution in [1.29, 1.82) is 0 Å². The third-order valence-corrected chi connectivity index (χ3v) is 4.59. The molecule has 1 N–H and O–H groups in total. The summed E-state index contributed by atoms with van der Waals surface area (Å²) in [5.41, 5.74) is 2.48. The Bertz CT molecular complexity index is 718. The fourth-order valence-corrected chi connectivity index (χ4v) is 3.29. The zero-order chi connectivity index (χ0) is 16.6. The highest BCUT2D eigenvalue weighted by atomic mass is 19.1. The van der Waals surface area contributed by atoms with E-state index in [1.807, 2.05) is 6.07 Å². The molecular formula is C17H22FN3O2. The van der Waals surface area contributed by atoms with E-state index in [0.29, 0.717) is 24.4 Å². The Morgan fingerprint density at radius 3 is 2.65 bits per heavy atom. The summed E-state index contributed by atoms with van der Waals surface area (Å²) in [6, 6.07) is 3.52. The Kier molecular flexibility index (Phi) is 4.33. The third-order valence-electron chi connectivity index (χ3n) is 4.59. The van der Waals surface area contributed by atoms with Crippen LogP contribution >= 0.6 is 0 Å². The van der Waals surface area contributed by atoms with E-state index in [-0.39, 0.29) is 11.6 Å². The van der Waals surface area contributed by atoms with Gasteiger partial charge >= 0.3 is 5.97 Å². The number of carboxylic acids is 1. The molecule has 124 valence electrons. The summed E-state index contributed by atoms with van der Waals surface area (Å²) in [4.78, 5) is 15.7. The topological polar surface area (TPSA) is 67.5 Å². The zero-order valence-electron chi connectivity index (χ0n) is 13.5. The van der Waals surface area contributed by atoms with Crippen LogP contribution in [0.15, 0.2) is 12.1 Å². The second kappa shape index (κ2) is 6.26. The lowest BCUT2D eigenvalue weighted by atomic mass is 9.85. The first kappa shape index (κ1) is 15.9. The molecule has 0 spiro atoms. The monoisotopic (exact) mass is 319 g/mol. The van der Waals surface area contributed by atoms with Crippen LogP contribution in [0.25, 0.3) is 5.65 Å². The second-order valence-corrected chi connectivity index (χ2v) is 6.75. The molecule has 1 aliphatic carbocycles. The highest BCUT2D eigenvalue weighted by molar-refractivity contribution is 5.86. The molecule has 23 heavy (non-hydrogen) atoms. The molecule has 3 rings (SSSR count). The van der Waals surface area contributed by atoms with Crippen molar-refractivity contribution in [3.05, 3.63) is 29.2 Å². The van der Waals surface area contributed by atoms with Crippen molar-refractivity contribution in [1.82, 2.24) is 14.6 Å². The van der Waals surface area contributed by atoms with Gasteiger partial charge in [-0.2, -0.15) is 5.10 Å². The maximum atomic E-state index is 13.3. The summed E-state index contributed by atoms with van der Waals surface area (Å²) in [5, 5.41) is 13.3. The maximum Gasteiger partial charge on any atom is 0.356 e. The predicted octanol–water partition coefficient (Wildman–Crippen LogP) is 3.62. The summed E-state index contributed by atoms with van der Waals surface area (Å²) in [7, 11) is 0. The number of halogens is 1. The van der Waals surface area contributed by atoms with Gasteiger partial charge in [0.15, 0.2) is 11.3 Å². The summed E-state index contributed by atoms with van der Waals surface area (Å²) >= 11 is 0. The molecule has 0 atom stereocenters. The molecule has 2 aromatic rings. The van der Waals surface area contributed by atoms with E-state index in [1.165, 1.54) is 6.07 Å². The largest absolute Gasteiger partial charge is 0.476 e. The number of alkyl halides is 1. The molecule has 0 radical (unpaired) electrons. The average Bonchev–Trinajstić information content (AvgIpc) is 2.93. The Hall–Kier alpha value is -1.98. The molecule has 6 heteroatoms. The molecule has 0 aliphatic heterocycles. The molecule has 1 saturated carbocycles. The minimum atomic E-state index is -1.05. The van der Waals surface area contributed by atoms with Gasteiger partial charge in [-0.3, -0.25) is 0 Å². The fraction of sp³-hybridized carbons (Fsp3) is 0.588. The van der Waals surface area contributed by atoms with E-state index < -0.39 is 12.1 Å². The molecule has 0 unspecified atom stereocenters. The van der Waals surface area contributed by atoms with Crippen molar-refractivity contribution in [2.45, 2.75) is 58.0 Å². The van der Waals surface area contributed by atoms with E-state index in [4.69, 9.17) is 5.11 Å². The normalized spacial score (nSPS) is 21.9. The minimum Gasteiger partial charge on any atom is -0.476 e. The quantitative estimate of drug-likeness (QED) is 0.934. The fourth-order valence-electron chi connectivity index (χ4n) is 3.29. The lowest BCUT2D eigenvalue weighted by Crippen LogP contribution is -2.18. The first-order valence-electron chi connectivity index (χ1n) is 8.21. The summed E-state index contributed by atoms with van der Waals surface area (Å²) in [6.45, 7) is 4.10. The van der Waals surface area contributed by atoms with Crippen LogP contribution in [0.1, 0.15) is 67.3 Å². The van der Waals surface area contributed by atoms with Crippen LogP contribution in [0.5, 0.6) is 0 Å². The Morgan fingerprint density at radius 2 is 2.04 bits per heavy atom. The van der Waals surface area contributed by atoms with E-state index >= 15 is 0 Å². The van der Waals surface area contributed by atoms with Gasteiger partial charge in [0, 0.05) is 17.5 Å². The van der Waals surface area contributed by atoms with E-state index in [9.17, 15) is 9.18 Å². The van der Waals surface area contributed by atoms with Gasteiger partial charge in [0.05, 0.1) is 0 Å². The minimum absolute atomic E-state index is 0.00878. The lowest BCUT2D eigenvalue weighted by Gasteiger charge is -2.24. The van der Waals surface area contributed by atoms with Crippen LogP contribution in [-0.4, -0.2) is 31.8 Å². The Balaban J connectivity index is 1.93. The van der Waals surface area contributed by atoms with E-state index in [1.54, 1.807) is 4.52 Å². The van der Waals surface area contributed by atoms with Crippen molar-refractivity contribution in [3.8, 4) is 0 Å². The molecule has 0 amide bonds. The number of rotatable bonds is 4. The first-order chi connectivity index (χ1) is 10.9. The third kappa shape index (κ3) is 3.35. The summed E-state index contributed by atoms with van der Waals surface area (Å²) in [5.74, 6) is -0.380. The molecule has 0 saturated heterocycles. The molecule has 2 aromatic heterocycles. The number of aromatic nitrogens is 3. The Labute approximate surface area is 134 Å². The van der Waals surface area contributed by atoms with Gasteiger partial charge in [0.25, 0.3) is 0 Å². The van der Waals surface area contributed by atoms with Gasteiger partial charge in [0.2, 0.25) is 0 Å². The number of hydrogen-bond acceptors (Lipinski definition) is 3. The second-order valence-electron chi connectivity index (χ2n) is 6.75. The van der Waals surface area contributed by atoms with Crippen molar-refractivity contribution in [2.24, 2.45) is 5.92 Å². The van der Waals surface area contributed by atoms with Gasteiger partial charge in [0.1, 0.15) is 6.17 Å². The highest BCUT2D eigenvalue weighted by Crippen LogP contribution is 2.29. The van der Waals surface area contributed by atoms with Crippen molar-refractivity contribution in [3.63, 3.8) is 0 Å². The summed E-state index contributed by atoms with van der Waals surface area (Å²) < 4.78 is 14.9. The van der Waals surface area contributed by atoms with Gasteiger partial charge in [-0.25, -0.2) is 18.7 Å². The smallest absolute Gasteiger partial charge is 0.356 e. The van der Waals surface area contributed by atoms with E-state index in [2.05, 4.69) is 23.9 Å². The van der Waals surface area contributed by atoms with Crippen LogP contribution in [0.4, 0.5) is 4.39 Å². The van der Waals surface area contributed by atoms with E-state index in [0.717, 1.165) is 30.7 Å². The van der Waals surface area contributed by atoms with Gasteiger partial charge in [-0.1, -0.05) is 13.8 Å². The maximum absolute atomic E-state index is 13.3. The highest BCUT2D eigenvalue weighted by Gasteiger charge is 2.22. The number of nitrogens with zero attached hydrogens (tertiary/aromatic N) is 3. The van der Waals surface area contributed by atoms with Crippen LogP contribution in [-0.2, 0) is 6.42 Å². The standard InChI is InChI=1S/C17H22FN3O2/c1-10(2)15-8-13(7-11-3-5-12(18)6-4-11)19-16-9-14(17(22)23)20-21(15)16/h8-12H,3-7H2,1-2H3,(H,22,23). The van der Waals surface area contributed by atoms with Crippen LogP contribution in [0.3, 0.4) is 0 Å². The van der Waals surface area contributed by atoms with Crippen LogP contribution < -0.4 is 0 Å². The molecule has 0 bridgehead atoms. The van der Waals surface area contributed by atoms with Crippen molar-refractivity contribution < 1.29 is 14.3 Å². The Morgan fingerprint density at radius 1 is 1.35 bits per heavy atom. The predicted molar refractivity (Wildman–Crippen MR) is 84.6 cm³/mol. The summed E-state index contributed by atoms with van der Waals surface area (Å²) in [6.07, 6.45) is 3.23. The molecular weight excluding hydrogens is 297 g/mol. The number of hydrogen-bond donors (Lipinski definition) is 1. The zero-order valence-corrected chi connectivity index (χ0v) is 13.5. The molecule has 1 aliphatic rings. The van der Waals surface area contributed by atoms with Crippen molar-refractivity contribution >= 4 is 11.6 Å². The van der Waals surface area contributed by atoms with Gasteiger partial charge < -0.3 is 5.11 Å². The van der Waals surface area contributed by atoms with Crippen LogP contribution in [0, 0.1) is 5.92 Å². The molecule has 5 nitrogen and oxygen atoms in total. The van der Waals surface area contributed by atoms with Gasteiger partial charge in [-0.15, -0.1) is 0 Å². The number of aromatic carboxylic acids is 1. The average molecular weight is 319 g/mol. The number of carbonyl (C=O) groups is 1. The SMILES string of the molecule is CC(C)c1cc(CC2CCC(F)CC2)nc2cc(C(=O)O)nn12. The number of fused-ring (bicyclic) bond motifs is 1. The van der Waals surface area contributed by atoms with Gasteiger partial charge in [-0.05, 0) is 50.0 Å². The first-order valence-corrected chi connectivity index (χ1v) is 8.21. The lowest BCUT2D eigenvalue weighted by molar-refractivity contribution is 0.0690. The number of carboxylic acid groups (broad SMARTS) is 1. The molecule has 2 heterocycles. The van der Waals surface area contributed by atoms with Crippen LogP contribution in [0.2, 0.25) is 0 Å². The molecule has 0 aromatic carbocycles. The van der Waals surface area contributed by atoms with Crippen molar-refractivity contribution in [2.75, 3.05) is 0 Å².